The molecule has 0 aromatic heterocycles. The van der Waals surface area contributed by atoms with Gasteiger partial charge in [0.2, 0.25) is 0 Å². The Morgan fingerprint density at radius 1 is 0.857 bits per heavy atom. The first kappa shape index (κ1) is 16.7. The van der Waals surface area contributed by atoms with Crippen LogP contribution < -0.4 is 0 Å². The molecule has 0 aliphatic rings. The van der Waals surface area contributed by atoms with Gasteiger partial charge >= 0.3 is 9.05 Å². The molecule has 5 nitrogen and oxygen atoms in total. The van der Waals surface area contributed by atoms with E-state index in [0.29, 0.717) is 0 Å². The predicted molar refractivity (Wildman–Crippen MR) is 59.0 cm³/mol. The molecule has 0 unspecified atom stereocenters. The van der Waals surface area contributed by atoms with Crippen molar-refractivity contribution in [2.75, 3.05) is 13.2 Å². The van der Waals surface area contributed by atoms with Crippen LogP contribution in [0.2, 0.25) is 19.6 Å². The van der Waals surface area contributed by atoms with E-state index >= 15 is 0 Å². The highest BCUT2D eigenvalue weighted by molar-refractivity contribution is 6.69. The van der Waals surface area contributed by atoms with Crippen LogP contribution in [0.25, 0.3) is 0 Å². The van der Waals surface area contributed by atoms with Crippen LogP contribution in [0.3, 0.4) is 0 Å². The summed E-state index contributed by atoms with van der Waals surface area (Å²) >= 11 is 0. The molecule has 0 fully saturated rings. The number of rotatable bonds is 4. The quantitative estimate of drug-likeness (QED) is 0.618. The molecule has 0 saturated carbocycles. The first-order chi connectivity index (χ1) is 6.12. The molecule has 0 saturated heterocycles. The summed E-state index contributed by atoms with van der Waals surface area (Å²) in [4.78, 5) is 24.1. The first-order valence-corrected chi connectivity index (χ1v) is 9.73. The van der Waals surface area contributed by atoms with E-state index in [4.69, 9.17) is 18.8 Å². The lowest BCUT2D eigenvalue weighted by Crippen LogP contribution is -2.38. The molecule has 14 heavy (non-hydrogen) atoms. The first-order valence-electron chi connectivity index (χ1n) is 4.57. The van der Waals surface area contributed by atoms with E-state index in [1.54, 1.807) is 6.92 Å². The number of hydrogen-bond donors (Lipinski definition) is 3. The molecule has 0 bridgehead atoms. The van der Waals surface area contributed by atoms with Gasteiger partial charge in [-0.05, 0) is 33.5 Å². The van der Waals surface area contributed by atoms with E-state index in [1.807, 2.05) is 6.92 Å². The third-order valence-electron chi connectivity index (χ3n) is 0.915. The van der Waals surface area contributed by atoms with Gasteiger partial charge in [0.25, 0.3) is 0 Å². The fourth-order valence-corrected chi connectivity index (χ4v) is 1.88. The molecule has 3 N–H and O–H groups in total. The highest BCUT2D eigenvalue weighted by Crippen LogP contribution is 2.00. The van der Waals surface area contributed by atoms with E-state index in [2.05, 4.69) is 24.1 Å². The summed E-state index contributed by atoms with van der Waals surface area (Å²) in [5, 5.41) is 0. The molecule has 0 amide bonds. The predicted octanol–water partition coefficient (Wildman–Crippen LogP) is 0.293. The molecule has 0 radical (unpaired) electrons. The van der Waals surface area contributed by atoms with E-state index in [1.165, 1.54) is 0 Å². The summed E-state index contributed by atoms with van der Waals surface area (Å²) in [5.74, 6) is 0. The van der Waals surface area contributed by atoms with Crippen molar-refractivity contribution >= 4 is 17.4 Å². The Morgan fingerprint density at radius 2 is 1.21 bits per heavy atom. The minimum atomic E-state index is -4.16. The highest BCUT2D eigenvalue weighted by atomic mass is 28.4. The van der Waals surface area contributed by atoms with Crippen LogP contribution in [0.15, 0.2) is 0 Å². The van der Waals surface area contributed by atoms with Crippen LogP contribution in [-0.2, 0) is 8.85 Å². The smallest absolute Gasteiger partial charge is 0.418 e. The van der Waals surface area contributed by atoms with Crippen molar-refractivity contribution in [3.05, 3.63) is 0 Å². The fraction of sp³-hybridized carbons (Fsp3) is 1.00. The average molecular weight is 242 g/mol. The van der Waals surface area contributed by atoms with Gasteiger partial charge < -0.3 is 23.2 Å². The standard InChI is InChI=1S/C5H14OSi.C2H8O4Si/c1-5-6-7(2,3)4;1-2-6-7(3,4)5/h5H2,1-4H3;3-5H,2H2,1H3. The lowest BCUT2D eigenvalue weighted by molar-refractivity contribution is 0.0687. The zero-order valence-electron chi connectivity index (χ0n) is 9.57. The molecule has 7 heteroatoms. The van der Waals surface area contributed by atoms with Gasteiger partial charge in [0.1, 0.15) is 0 Å². The van der Waals surface area contributed by atoms with Gasteiger partial charge in [-0.1, -0.05) is 0 Å². The van der Waals surface area contributed by atoms with Crippen LogP contribution in [0.1, 0.15) is 13.8 Å². The van der Waals surface area contributed by atoms with Gasteiger partial charge in [-0.3, -0.25) is 0 Å². The van der Waals surface area contributed by atoms with Crippen molar-refractivity contribution in [1.29, 1.82) is 0 Å². The van der Waals surface area contributed by atoms with Crippen LogP contribution in [0.5, 0.6) is 0 Å². The fourth-order valence-electron chi connectivity index (χ4n) is 0.627. The van der Waals surface area contributed by atoms with Crippen molar-refractivity contribution in [2.24, 2.45) is 0 Å². The van der Waals surface area contributed by atoms with Gasteiger partial charge in [0.05, 0.1) is 0 Å². The van der Waals surface area contributed by atoms with Gasteiger partial charge in [-0.25, -0.2) is 0 Å². The topological polar surface area (TPSA) is 79.2 Å². The molecule has 0 aromatic carbocycles. The van der Waals surface area contributed by atoms with E-state index < -0.39 is 17.4 Å². The Hall–Kier alpha value is 0.234. The molecule has 0 spiro atoms. The zero-order chi connectivity index (χ0) is 11.8. The van der Waals surface area contributed by atoms with E-state index in [-0.39, 0.29) is 6.61 Å². The maximum Gasteiger partial charge on any atom is 0.671 e. The Balaban J connectivity index is 0. The van der Waals surface area contributed by atoms with E-state index in [0.717, 1.165) is 6.61 Å². The third-order valence-corrected chi connectivity index (χ3v) is 2.75. The summed E-state index contributed by atoms with van der Waals surface area (Å²) in [6.07, 6.45) is 0. The zero-order valence-corrected chi connectivity index (χ0v) is 11.6. The van der Waals surface area contributed by atoms with E-state index in [9.17, 15) is 0 Å². The summed E-state index contributed by atoms with van der Waals surface area (Å²) < 4.78 is 9.40. The van der Waals surface area contributed by atoms with Gasteiger partial charge in [0.15, 0.2) is 8.32 Å². The maximum absolute atomic E-state index is 8.05. The van der Waals surface area contributed by atoms with Gasteiger partial charge in [0, 0.05) is 13.2 Å². The Labute approximate surface area is 87.9 Å². The molecule has 88 valence electrons. The van der Waals surface area contributed by atoms with Crippen LogP contribution in [-0.4, -0.2) is 45.0 Å². The maximum atomic E-state index is 8.05. The largest absolute Gasteiger partial charge is 0.671 e. The molecule has 0 aliphatic carbocycles. The number of hydrogen-bond acceptors (Lipinski definition) is 5. The van der Waals surface area contributed by atoms with Crippen molar-refractivity contribution in [3.63, 3.8) is 0 Å². The van der Waals surface area contributed by atoms with Crippen LogP contribution >= 0.6 is 0 Å². The monoisotopic (exact) mass is 242 g/mol. The second-order valence-electron chi connectivity index (χ2n) is 3.55. The Morgan fingerprint density at radius 3 is 1.21 bits per heavy atom. The summed E-state index contributed by atoms with van der Waals surface area (Å²) in [6, 6.07) is 0. The summed E-state index contributed by atoms with van der Waals surface area (Å²) in [6.45, 7) is 11.2. The molecule has 0 atom stereocenters. The van der Waals surface area contributed by atoms with Crippen molar-refractivity contribution < 1.29 is 23.2 Å². The average Bonchev–Trinajstić information content (AvgIpc) is 1.81. The molecule has 0 aromatic rings. The minimum absolute atomic E-state index is 0.121. The normalized spacial score (nSPS) is 12.0. The molecular weight excluding hydrogens is 220 g/mol. The SMILES string of the molecule is CCO[Si](C)(C)C.CCO[Si](O)(O)O. The summed E-state index contributed by atoms with van der Waals surface area (Å²) in [5.41, 5.74) is 0. The Bertz CT molecular complexity index is 113. The summed E-state index contributed by atoms with van der Waals surface area (Å²) in [7, 11) is -5.31. The second kappa shape index (κ2) is 7.52. The van der Waals surface area contributed by atoms with Crippen LogP contribution in [0, 0.1) is 0 Å². The van der Waals surface area contributed by atoms with Crippen molar-refractivity contribution in [2.45, 2.75) is 33.5 Å². The van der Waals surface area contributed by atoms with Crippen LogP contribution in [0.4, 0.5) is 0 Å². The Kier molecular flexibility index (Phi) is 8.94. The molecule has 0 aliphatic heterocycles. The second-order valence-corrected chi connectivity index (χ2v) is 9.50. The molecular formula is C7H22O5Si2. The molecule has 0 heterocycles. The van der Waals surface area contributed by atoms with Crippen molar-refractivity contribution in [1.82, 2.24) is 0 Å². The lowest BCUT2D eigenvalue weighted by atomic mass is 10.9. The lowest BCUT2D eigenvalue weighted by Gasteiger charge is -2.14. The third kappa shape index (κ3) is 22.8. The van der Waals surface area contributed by atoms with Gasteiger partial charge in [-0.2, -0.15) is 0 Å². The molecule has 0 rings (SSSR count). The minimum Gasteiger partial charge on any atom is -0.418 e. The highest BCUT2D eigenvalue weighted by Gasteiger charge is 2.29. The van der Waals surface area contributed by atoms with Gasteiger partial charge in [-0.15, -0.1) is 0 Å². The van der Waals surface area contributed by atoms with Crippen molar-refractivity contribution in [3.8, 4) is 0 Å².